The number of nitrogens with zero attached hydrogens (tertiary/aromatic N) is 4. The average molecular weight is 316 g/mol. The van der Waals surface area contributed by atoms with Crippen molar-refractivity contribution in [2.75, 3.05) is 33.2 Å². The third-order valence-corrected chi connectivity index (χ3v) is 5.17. The lowest BCUT2D eigenvalue weighted by atomic mass is 10.1. The molecule has 0 atom stereocenters. The Bertz CT molecular complexity index is 688. The summed E-state index contributed by atoms with van der Waals surface area (Å²) < 4.78 is 2.41. The summed E-state index contributed by atoms with van der Waals surface area (Å²) in [7, 11) is 2.15. The van der Waals surface area contributed by atoms with E-state index >= 15 is 0 Å². The summed E-state index contributed by atoms with van der Waals surface area (Å²) in [6.45, 7) is 6.56. The zero-order valence-corrected chi connectivity index (χ0v) is 13.3. The summed E-state index contributed by atoms with van der Waals surface area (Å²) in [6.07, 6.45) is 7.20. The van der Waals surface area contributed by atoms with Crippen LogP contribution >= 0.6 is 0 Å². The van der Waals surface area contributed by atoms with Gasteiger partial charge in [-0.2, -0.15) is 0 Å². The molecule has 2 aromatic rings. The number of pyridine rings is 1. The van der Waals surface area contributed by atoms with E-state index in [1.807, 2.05) is 6.20 Å². The number of fused-ring (bicyclic) bond motifs is 3. The lowest BCUT2D eigenvalue weighted by Crippen LogP contribution is -2.29. The molecule has 2 aliphatic rings. The highest BCUT2D eigenvalue weighted by molar-refractivity contribution is 5.90. The number of aromatic hydroxyl groups is 1. The van der Waals surface area contributed by atoms with Gasteiger partial charge in [-0.3, -0.25) is 4.98 Å². The first kappa shape index (κ1) is 16.3. The molecular weight excluding hydrogens is 288 g/mol. The predicted octanol–water partition coefficient (Wildman–Crippen LogP) is 2.46. The van der Waals surface area contributed by atoms with Crippen molar-refractivity contribution in [3.05, 3.63) is 23.7 Å². The Morgan fingerprint density at radius 1 is 1.13 bits per heavy atom. The van der Waals surface area contributed by atoms with Crippen LogP contribution in [0.1, 0.15) is 31.5 Å². The molecule has 1 saturated heterocycles. The normalized spacial score (nSPS) is 19.0. The molecule has 23 heavy (non-hydrogen) atoms. The Morgan fingerprint density at radius 3 is 2.70 bits per heavy atom. The van der Waals surface area contributed by atoms with Gasteiger partial charge in [0.2, 0.25) is 0 Å². The monoisotopic (exact) mass is 316 g/mol. The Morgan fingerprint density at radius 2 is 1.91 bits per heavy atom. The second-order valence-electron chi connectivity index (χ2n) is 6.67. The van der Waals surface area contributed by atoms with Gasteiger partial charge in [0.25, 0.3) is 0 Å². The molecule has 4 rings (SSSR count). The van der Waals surface area contributed by atoms with E-state index in [0.29, 0.717) is 5.75 Å². The number of rotatable bonds is 3. The maximum absolute atomic E-state index is 10.3. The summed E-state index contributed by atoms with van der Waals surface area (Å²) in [5, 5.41) is 11.3. The Labute approximate surface area is 138 Å². The molecule has 1 fully saturated rings. The first-order valence-corrected chi connectivity index (χ1v) is 8.32. The van der Waals surface area contributed by atoms with Crippen molar-refractivity contribution >= 4 is 10.9 Å². The van der Waals surface area contributed by atoms with Crippen LogP contribution in [0.5, 0.6) is 5.75 Å². The summed E-state index contributed by atoms with van der Waals surface area (Å²) in [4.78, 5) is 9.09. The van der Waals surface area contributed by atoms with Crippen molar-refractivity contribution in [2.24, 2.45) is 0 Å². The lowest BCUT2D eigenvalue weighted by molar-refractivity contribution is 0.300. The van der Waals surface area contributed by atoms with Gasteiger partial charge in [0, 0.05) is 43.7 Å². The van der Waals surface area contributed by atoms with Gasteiger partial charge in [0.1, 0.15) is 5.75 Å². The van der Waals surface area contributed by atoms with Gasteiger partial charge in [0.05, 0.1) is 17.9 Å². The maximum Gasteiger partial charge on any atom is 0.143 e. The molecule has 2 aromatic heterocycles. The second kappa shape index (κ2) is 6.49. The maximum atomic E-state index is 10.3. The van der Waals surface area contributed by atoms with Crippen molar-refractivity contribution in [2.45, 2.75) is 39.8 Å². The highest BCUT2D eigenvalue weighted by Crippen LogP contribution is 2.35. The minimum Gasteiger partial charge on any atom is -0.506 e. The van der Waals surface area contributed by atoms with Crippen LogP contribution in [-0.2, 0) is 19.5 Å². The van der Waals surface area contributed by atoms with Crippen LogP contribution in [0.2, 0.25) is 0 Å². The highest BCUT2D eigenvalue weighted by atomic mass is 16.3. The Balaban J connectivity index is 0.00000156. The van der Waals surface area contributed by atoms with E-state index in [2.05, 4.69) is 26.4 Å². The van der Waals surface area contributed by atoms with Gasteiger partial charge < -0.3 is 19.5 Å². The van der Waals surface area contributed by atoms with Gasteiger partial charge in [-0.1, -0.05) is 7.43 Å². The average Bonchev–Trinajstić information content (AvgIpc) is 3.11. The fourth-order valence-corrected chi connectivity index (χ4v) is 4.01. The van der Waals surface area contributed by atoms with E-state index in [9.17, 15) is 5.11 Å². The first-order valence-electron chi connectivity index (χ1n) is 8.32. The van der Waals surface area contributed by atoms with Crippen molar-refractivity contribution in [3.8, 4) is 5.75 Å². The summed E-state index contributed by atoms with van der Waals surface area (Å²) in [5.74, 6) is 0.323. The zero-order chi connectivity index (χ0) is 15.1. The molecule has 0 unspecified atom stereocenters. The Kier molecular flexibility index (Phi) is 4.60. The molecular formula is C18H28N4O. The standard InChI is InChI=1S/C17H24N4O.CH4/c1-19-7-4-14-13(12-19)17-15(10-18-11-16(17)22)21(14)9-8-20-5-2-3-6-20;/h10-11,22H,2-9,12H2,1H3;1H4. The molecule has 0 saturated carbocycles. The third kappa shape index (κ3) is 2.83. The first-order chi connectivity index (χ1) is 10.7. The Hall–Kier alpha value is -1.59. The molecule has 4 heterocycles. The molecule has 0 aromatic carbocycles. The van der Waals surface area contributed by atoms with Crippen molar-refractivity contribution < 1.29 is 5.11 Å². The summed E-state index contributed by atoms with van der Waals surface area (Å²) >= 11 is 0. The predicted molar refractivity (Wildman–Crippen MR) is 93.8 cm³/mol. The van der Waals surface area contributed by atoms with Gasteiger partial charge in [-0.05, 0) is 38.5 Å². The van der Waals surface area contributed by atoms with Crippen LogP contribution in [0.15, 0.2) is 12.4 Å². The molecule has 126 valence electrons. The van der Waals surface area contributed by atoms with Crippen molar-refractivity contribution in [3.63, 3.8) is 0 Å². The molecule has 5 heteroatoms. The SMILES string of the molecule is C.CN1CCc2c(c3c(O)cncc3n2CCN2CCCC2)C1. The van der Waals surface area contributed by atoms with Crippen LogP contribution in [0.4, 0.5) is 0 Å². The molecule has 0 spiro atoms. The molecule has 0 bridgehead atoms. The van der Waals surface area contributed by atoms with E-state index < -0.39 is 0 Å². The smallest absolute Gasteiger partial charge is 0.143 e. The number of aromatic nitrogens is 2. The van der Waals surface area contributed by atoms with Crippen LogP contribution in [0, 0.1) is 0 Å². The van der Waals surface area contributed by atoms with E-state index in [1.54, 1.807) is 6.20 Å². The minimum atomic E-state index is 0. The number of hydrogen-bond acceptors (Lipinski definition) is 4. The number of likely N-dealkylation sites (N-methyl/N-ethyl adjacent to an activating group) is 1. The van der Waals surface area contributed by atoms with Gasteiger partial charge >= 0.3 is 0 Å². The third-order valence-electron chi connectivity index (χ3n) is 5.17. The van der Waals surface area contributed by atoms with Gasteiger partial charge in [-0.25, -0.2) is 0 Å². The van der Waals surface area contributed by atoms with E-state index in [1.165, 1.54) is 37.2 Å². The van der Waals surface area contributed by atoms with Crippen molar-refractivity contribution in [1.29, 1.82) is 0 Å². The van der Waals surface area contributed by atoms with Crippen LogP contribution in [0.3, 0.4) is 0 Å². The van der Waals surface area contributed by atoms with Crippen LogP contribution < -0.4 is 0 Å². The fraction of sp³-hybridized carbons (Fsp3) is 0.611. The summed E-state index contributed by atoms with van der Waals surface area (Å²) in [6, 6.07) is 0. The molecule has 1 N–H and O–H groups in total. The van der Waals surface area contributed by atoms with Gasteiger partial charge in [0.15, 0.2) is 0 Å². The molecule has 0 aliphatic carbocycles. The quantitative estimate of drug-likeness (QED) is 0.945. The highest BCUT2D eigenvalue weighted by Gasteiger charge is 2.24. The van der Waals surface area contributed by atoms with Crippen LogP contribution in [0.25, 0.3) is 10.9 Å². The van der Waals surface area contributed by atoms with E-state index in [4.69, 9.17) is 0 Å². The number of likely N-dealkylation sites (tertiary alicyclic amines) is 1. The lowest BCUT2D eigenvalue weighted by Gasteiger charge is -2.25. The fourth-order valence-electron chi connectivity index (χ4n) is 4.01. The molecule has 2 aliphatic heterocycles. The second-order valence-corrected chi connectivity index (χ2v) is 6.67. The van der Waals surface area contributed by atoms with E-state index in [-0.39, 0.29) is 7.43 Å². The molecule has 5 nitrogen and oxygen atoms in total. The topological polar surface area (TPSA) is 44.5 Å². The largest absolute Gasteiger partial charge is 0.506 e. The zero-order valence-electron chi connectivity index (χ0n) is 13.3. The molecule has 0 radical (unpaired) electrons. The van der Waals surface area contributed by atoms with Gasteiger partial charge in [-0.15, -0.1) is 0 Å². The minimum absolute atomic E-state index is 0. The van der Waals surface area contributed by atoms with E-state index in [0.717, 1.165) is 43.5 Å². The van der Waals surface area contributed by atoms with Crippen LogP contribution in [-0.4, -0.2) is 57.7 Å². The number of hydrogen-bond donors (Lipinski definition) is 1. The summed E-state index contributed by atoms with van der Waals surface area (Å²) in [5.41, 5.74) is 3.79. The van der Waals surface area contributed by atoms with Crippen molar-refractivity contribution in [1.82, 2.24) is 19.4 Å². The molecule has 0 amide bonds.